The summed E-state index contributed by atoms with van der Waals surface area (Å²) in [5, 5.41) is 12.1. The Labute approximate surface area is 233 Å². The molecule has 0 aliphatic carbocycles. The van der Waals surface area contributed by atoms with Crippen molar-refractivity contribution in [1.82, 2.24) is 24.4 Å². The topological polar surface area (TPSA) is 123 Å². The number of sulfonamides is 1. The Morgan fingerprint density at radius 2 is 1.72 bits per heavy atom. The molecule has 1 aromatic heterocycles. The first-order chi connectivity index (χ1) is 18.8. The molecule has 2 heterocycles. The molecule has 1 N–H and O–H groups in total. The van der Waals surface area contributed by atoms with Crippen molar-refractivity contribution >= 4 is 33.5 Å². The van der Waals surface area contributed by atoms with Gasteiger partial charge in [0.05, 0.1) is 17.3 Å². The Kier molecular flexibility index (Phi) is 9.76. The molecule has 0 unspecified atom stereocenters. The zero-order chi connectivity index (χ0) is 27.8. The van der Waals surface area contributed by atoms with Crippen LogP contribution in [0.15, 0.2) is 58.6 Å². The maximum atomic E-state index is 13.0. The summed E-state index contributed by atoms with van der Waals surface area (Å²) in [6.45, 7) is 5.55. The van der Waals surface area contributed by atoms with Gasteiger partial charge in [-0.2, -0.15) is 4.31 Å². The predicted octanol–water partition coefficient (Wildman–Crippen LogP) is 3.49. The number of rotatable bonds is 13. The second kappa shape index (κ2) is 13.2. The number of aromatic nitrogens is 3. The first kappa shape index (κ1) is 28.8. The molecule has 0 bridgehead atoms. The van der Waals surface area contributed by atoms with E-state index in [9.17, 15) is 18.0 Å². The van der Waals surface area contributed by atoms with Crippen molar-refractivity contribution in [3.63, 3.8) is 0 Å². The summed E-state index contributed by atoms with van der Waals surface area (Å²) in [4.78, 5) is 24.4. The highest BCUT2D eigenvalue weighted by Gasteiger charge is 2.27. The van der Waals surface area contributed by atoms with Gasteiger partial charge in [0.15, 0.2) is 10.9 Å². The van der Waals surface area contributed by atoms with Gasteiger partial charge in [0.25, 0.3) is 0 Å². The number of ether oxygens (including phenoxy) is 1. The van der Waals surface area contributed by atoms with Crippen LogP contribution in [0.5, 0.6) is 5.75 Å². The van der Waals surface area contributed by atoms with Crippen LogP contribution in [0.1, 0.15) is 49.3 Å². The molecule has 0 radical (unpaired) electrons. The molecule has 12 heteroatoms. The molecule has 0 saturated carbocycles. The van der Waals surface area contributed by atoms with Gasteiger partial charge in [0.1, 0.15) is 11.6 Å². The zero-order valence-corrected chi connectivity index (χ0v) is 23.8. The van der Waals surface area contributed by atoms with Crippen LogP contribution < -0.4 is 10.1 Å². The molecule has 3 aromatic rings. The minimum atomic E-state index is -3.53. The molecule has 0 atom stereocenters. The SMILES string of the molecule is CCOc1ccc(-n2c(CCCNC(C)=O)nnc2SCC(=O)c2ccc(S(=O)(=O)N3CCCC3)cc2)cc1. The monoisotopic (exact) mass is 571 g/mol. The summed E-state index contributed by atoms with van der Waals surface area (Å²) in [6.07, 6.45) is 3.00. The van der Waals surface area contributed by atoms with E-state index in [4.69, 9.17) is 4.74 Å². The van der Waals surface area contributed by atoms with Crippen molar-refractivity contribution in [3.8, 4) is 11.4 Å². The second-order valence-electron chi connectivity index (χ2n) is 9.10. The molecule has 2 aromatic carbocycles. The second-order valence-corrected chi connectivity index (χ2v) is 12.0. The number of carbonyl (C=O) groups is 2. The van der Waals surface area contributed by atoms with Crippen molar-refractivity contribution in [2.75, 3.05) is 32.0 Å². The van der Waals surface area contributed by atoms with Crippen LogP contribution in [-0.2, 0) is 21.2 Å². The van der Waals surface area contributed by atoms with Crippen molar-refractivity contribution in [2.24, 2.45) is 0 Å². The van der Waals surface area contributed by atoms with E-state index in [0.29, 0.717) is 49.8 Å². The lowest BCUT2D eigenvalue weighted by atomic mass is 10.1. The van der Waals surface area contributed by atoms with Gasteiger partial charge in [-0.15, -0.1) is 10.2 Å². The molecular formula is C27H33N5O5S2. The van der Waals surface area contributed by atoms with Gasteiger partial charge in [-0.1, -0.05) is 23.9 Å². The van der Waals surface area contributed by atoms with E-state index in [0.717, 1.165) is 30.1 Å². The molecule has 39 heavy (non-hydrogen) atoms. The molecule has 10 nitrogen and oxygen atoms in total. The zero-order valence-electron chi connectivity index (χ0n) is 22.1. The van der Waals surface area contributed by atoms with Crippen LogP contribution in [0.3, 0.4) is 0 Å². The molecule has 1 saturated heterocycles. The van der Waals surface area contributed by atoms with E-state index in [1.807, 2.05) is 35.8 Å². The van der Waals surface area contributed by atoms with Gasteiger partial charge in [-0.05, 0) is 62.6 Å². The number of thioether (sulfide) groups is 1. The quantitative estimate of drug-likeness (QED) is 0.188. The van der Waals surface area contributed by atoms with Gasteiger partial charge in [0.2, 0.25) is 15.9 Å². The van der Waals surface area contributed by atoms with Crippen molar-refractivity contribution in [1.29, 1.82) is 0 Å². The number of benzene rings is 2. The largest absolute Gasteiger partial charge is 0.494 e. The Balaban J connectivity index is 1.47. The van der Waals surface area contributed by atoms with E-state index in [1.165, 1.54) is 35.1 Å². The summed E-state index contributed by atoms with van der Waals surface area (Å²) >= 11 is 1.27. The Morgan fingerprint density at radius 3 is 2.36 bits per heavy atom. The van der Waals surface area contributed by atoms with Gasteiger partial charge in [0, 0.05) is 44.2 Å². The lowest BCUT2D eigenvalue weighted by Gasteiger charge is -2.15. The lowest BCUT2D eigenvalue weighted by molar-refractivity contribution is -0.118. The van der Waals surface area contributed by atoms with E-state index in [1.54, 1.807) is 12.1 Å². The normalized spacial score (nSPS) is 13.9. The molecule has 0 spiro atoms. The summed E-state index contributed by atoms with van der Waals surface area (Å²) in [7, 11) is -3.53. The van der Waals surface area contributed by atoms with Gasteiger partial charge in [-0.3, -0.25) is 14.2 Å². The third-order valence-corrected chi connectivity index (χ3v) is 9.11. The smallest absolute Gasteiger partial charge is 0.243 e. The van der Waals surface area contributed by atoms with Crippen LogP contribution in [0.2, 0.25) is 0 Å². The van der Waals surface area contributed by atoms with E-state index >= 15 is 0 Å². The minimum absolute atomic E-state index is 0.0839. The number of carbonyl (C=O) groups excluding carboxylic acids is 2. The average molecular weight is 572 g/mol. The third kappa shape index (κ3) is 7.25. The number of aryl methyl sites for hydroxylation is 1. The van der Waals surface area contributed by atoms with Crippen LogP contribution >= 0.6 is 11.8 Å². The third-order valence-electron chi connectivity index (χ3n) is 6.27. The average Bonchev–Trinajstić information content (AvgIpc) is 3.62. The Hall–Kier alpha value is -3.22. The molecule has 208 valence electrons. The lowest BCUT2D eigenvalue weighted by Crippen LogP contribution is -2.27. The van der Waals surface area contributed by atoms with Gasteiger partial charge < -0.3 is 10.1 Å². The Morgan fingerprint density at radius 1 is 1.03 bits per heavy atom. The van der Waals surface area contributed by atoms with Crippen LogP contribution in [0, 0.1) is 0 Å². The maximum Gasteiger partial charge on any atom is 0.243 e. The highest BCUT2D eigenvalue weighted by atomic mass is 32.2. The van der Waals surface area contributed by atoms with E-state index in [2.05, 4.69) is 15.5 Å². The summed E-state index contributed by atoms with van der Waals surface area (Å²) in [5.74, 6) is 1.36. The molecule has 4 rings (SSSR count). The number of nitrogens with one attached hydrogen (secondary N) is 1. The number of amides is 1. The highest BCUT2D eigenvalue weighted by Crippen LogP contribution is 2.26. The van der Waals surface area contributed by atoms with Gasteiger partial charge >= 0.3 is 0 Å². The number of ketones is 1. The molecule has 1 aliphatic rings. The predicted molar refractivity (Wildman–Crippen MR) is 149 cm³/mol. The Bertz CT molecular complexity index is 1380. The summed E-state index contributed by atoms with van der Waals surface area (Å²) < 4.78 is 34.5. The number of Topliss-reactive ketones (excluding diaryl/α,β-unsaturated/α-hetero) is 1. The summed E-state index contributed by atoms with van der Waals surface area (Å²) in [6, 6.07) is 13.7. The highest BCUT2D eigenvalue weighted by molar-refractivity contribution is 7.99. The van der Waals surface area contributed by atoms with Crippen LogP contribution in [-0.4, -0.2) is 71.2 Å². The van der Waals surface area contributed by atoms with Gasteiger partial charge in [-0.25, -0.2) is 8.42 Å². The van der Waals surface area contributed by atoms with Crippen molar-refractivity contribution in [2.45, 2.75) is 49.6 Å². The van der Waals surface area contributed by atoms with E-state index in [-0.39, 0.29) is 22.3 Å². The van der Waals surface area contributed by atoms with Crippen LogP contribution in [0.4, 0.5) is 0 Å². The van der Waals surface area contributed by atoms with Crippen LogP contribution in [0.25, 0.3) is 5.69 Å². The minimum Gasteiger partial charge on any atom is -0.494 e. The first-order valence-corrected chi connectivity index (χ1v) is 15.4. The molecule has 1 aliphatic heterocycles. The molecule has 1 amide bonds. The molecular weight excluding hydrogens is 538 g/mol. The fourth-order valence-corrected chi connectivity index (χ4v) is 6.67. The maximum absolute atomic E-state index is 13.0. The first-order valence-electron chi connectivity index (χ1n) is 13.0. The van der Waals surface area contributed by atoms with Crippen molar-refractivity contribution in [3.05, 3.63) is 59.9 Å². The number of hydrogen-bond acceptors (Lipinski definition) is 8. The fraction of sp³-hybridized carbons (Fsp3) is 0.407. The fourth-order valence-electron chi connectivity index (χ4n) is 4.29. The number of hydrogen-bond donors (Lipinski definition) is 1. The van der Waals surface area contributed by atoms with E-state index < -0.39 is 10.0 Å². The molecule has 1 fully saturated rings. The van der Waals surface area contributed by atoms with Crippen molar-refractivity contribution < 1.29 is 22.7 Å². The summed E-state index contributed by atoms with van der Waals surface area (Å²) in [5.41, 5.74) is 1.27. The standard InChI is InChI=1S/C27H33N5O5S2/c1-3-37-23-12-10-22(11-13-23)32-26(7-6-16-28-20(2)33)29-30-27(32)38-19-25(34)21-8-14-24(15-9-21)39(35,36)31-17-4-5-18-31/h8-15H,3-7,16-19H2,1-2H3,(H,28,33). The number of nitrogens with zero attached hydrogens (tertiary/aromatic N) is 4.